The lowest BCUT2D eigenvalue weighted by atomic mass is 10.2. The van der Waals surface area contributed by atoms with Crippen LogP contribution in [0.5, 0.6) is 23.0 Å². The summed E-state index contributed by atoms with van der Waals surface area (Å²) < 4.78 is 21.6. The van der Waals surface area contributed by atoms with E-state index in [-0.39, 0.29) is 5.91 Å². The van der Waals surface area contributed by atoms with Crippen molar-refractivity contribution in [3.63, 3.8) is 0 Å². The molecule has 35 heavy (non-hydrogen) atoms. The second-order valence-electron chi connectivity index (χ2n) is 7.41. The maximum absolute atomic E-state index is 13.4. The first-order valence-corrected chi connectivity index (χ1v) is 11.9. The number of amidine groups is 1. The molecule has 1 heterocycles. The van der Waals surface area contributed by atoms with E-state index in [1.54, 1.807) is 32.3 Å². The van der Waals surface area contributed by atoms with E-state index in [2.05, 4.69) is 4.99 Å². The predicted octanol–water partition coefficient (Wildman–Crippen LogP) is 5.27. The van der Waals surface area contributed by atoms with Gasteiger partial charge in [0.15, 0.2) is 5.17 Å². The van der Waals surface area contributed by atoms with Crippen LogP contribution >= 0.6 is 11.8 Å². The van der Waals surface area contributed by atoms with Gasteiger partial charge in [0.05, 0.1) is 33.6 Å². The topological polar surface area (TPSA) is 69.6 Å². The highest BCUT2D eigenvalue weighted by molar-refractivity contribution is 8.14. The number of benzene rings is 3. The Morgan fingerprint density at radius 2 is 1.46 bits per heavy atom. The molecule has 7 nitrogen and oxygen atoms in total. The van der Waals surface area contributed by atoms with Crippen LogP contribution in [0.2, 0.25) is 0 Å². The van der Waals surface area contributed by atoms with Crippen LogP contribution in [0.1, 0.15) is 5.56 Å². The van der Waals surface area contributed by atoms with Crippen molar-refractivity contribution in [1.82, 2.24) is 0 Å². The maximum atomic E-state index is 13.4. The zero-order valence-electron chi connectivity index (χ0n) is 19.8. The zero-order chi connectivity index (χ0) is 24.6. The van der Waals surface area contributed by atoms with E-state index in [4.69, 9.17) is 18.9 Å². The molecule has 0 aromatic heterocycles. The minimum Gasteiger partial charge on any atom is -0.497 e. The molecular formula is C27H26N2O5S. The number of ether oxygens (including phenoxy) is 4. The van der Waals surface area contributed by atoms with Gasteiger partial charge >= 0.3 is 0 Å². The number of thioether (sulfide) groups is 1. The molecule has 0 spiro atoms. The van der Waals surface area contributed by atoms with Gasteiger partial charge in [-0.3, -0.25) is 9.69 Å². The Morgan fingerprint density at radius 3 is 2.11 bits per heavy atom. The maximum Gasteiger partial charge on any atom is 0.283 e. The molecule has 0 radical (unpaired) electrons. The van der Waals surface area contributed by atoms with Crippen molar-refractivity contribution in [2.45, 2.75) is 0 Å². The van der Waals surface area contributed by atoms with Crippen LogP contribution in [0, 0.1) is 0 Å². The van der Waals surface area contributed by atoms with E-state index in [9.17, 15) is 4.79 Å². The minimum absolute atomic E-state index is 0.201. The van der Waals surface area contributed by atoms with Crippen molar-refractivity contribution in [3.05, 3.63) is 84.1 Å². The summed E-state index contributed by atoms with van der Waals surface area (Å²) >= 11 is 1.46. The highest BCUT2D eigenvalue weighted by atomic mass is 32.2. The SMILES string of the molecule is COc1ccc(/C=C2\N=C(SCCOc3ccc(OC)cc3)N(c3cccc(OC)c3)C2=O)cc1. The molecule has 0 saturated carbocycles. The fourth-order valence-electron chi connectivity index (χ4n) is 3.39. The van der Waals surface area contributed by atoms with Crippen LogP contribution in [0.25, 0.3) is 6.08 Å². The fourth-order valence-corrected chi connectivity index (χ4v) is 4.22. The smallest absolute Gasteiger partial charge is 0.283 e. The number of methoxy groups -OCH3 is 3. The second-order valence-corrected chi connectivity index (χ2v) is 8.47. The summed E-state index contributed by atoms with van der Waals surface area (Å²) in [7, 11) is 4.84. The molecule has 4 rings (SSSR count). The van der Waals surface area contributed by atoms with Gasteiger partial charge in [-0.15, -0.1) is 0 Å². The van der Waals surface area contributed by atoms with Crippen molar-refractivity contribution in [3.8, 4) is 23.0 Å². The quantitative estimate of drug-likeness (QED) is 0.301. The van der Waals surface area contributed by atoms with Gasteiger partial charge in [-0.05, 0) is 60.2 Å². The van der Waals surface area contributed by atoms with E-state index in [0.29, 0.717) is 34.7 Å². The molecular weight excluding hydrogens is 464 g/mol. The second kappa shape index (κ2) is 11.5. The summed E-state index contributed by atoms with van der Waals surface area (Å²) in [5, 5.41) is 0.585. The molecule has 3 aromatic rings. The largest absolute Gasteiger partial charge is 0.497 e. The van der Waals surface area contributed by atoms with Gasteiger partial charge in [0.1, 0.15) is 28.7 Å². The van der Waals surface area contributed by atoms with Crippen LogP contribution < -0.4 is 23.8 Å². The summed E-state index contributed by atoms with van der Waals surface area (Å²) in [6, 6.07) is 22.3. The molecule has 8 heteroatoms. The lowest BCUT2D eigenvalue weighted by molar-refractivity contribution is -0.113. The van der Waals surface area contributed by atoms with Gasteiger partial charge in [0.2, 0.25) is 0 Å². The third-order valence-corrected chi connectivity index (χ3v) is 6.11. The van der Waals surface area contributed by atoms with Gasteiger partial charge in [-0.1, -0.05) is 30.0 Å². The number of aliphatic imine (C=N–C) groups is 1. The summed E-state index contributed by atoms with van der Waals surface area (Å²) in [6.45, 7) is 0.452. The Kier molecular flexibility index (Phi) is 7.95. The molecule has 180 valence electrons. The normalized spacial score (nSPS) is 14.1. The monoisotopic (exact) mass is 490 g/mol. The Labute approximate surface area is 209 Å². The van der Waals surface area contributed by atoms with Crippen molar-refractivity contribution in [2.24, 2.45) is 4.99 Å². The third kappa shape index (κ3) is 5.96. The van der Waals surface area contributed by atoms with E-state index in [1.807, 2.05) is 72.8 Å². The van der Waals surface area contributed by atoms with Crippen molar-refractivity contribution >= 4 is 34.6 Å². The lowest BCUT2D eigenvalue weighted by Gasteiger charge is -2.18. The van der Waals surface area contributed by atoms with Crippen LogP contribution in [0.15, 0.2) is 83.5 Å². The first kappa shape index (κ1) is 24.2. The highest BCUT2D eigenvalue weighted by Gasteiger charge is 2.32. The number of carbonyl (C=O) groups excluding carboxylic acids is 1. The fraction of sp³-hybridized carbons (Fsp3) is 0.185. The molecule has 1 amide bonds. The van der Waals surface area contributed by atoms with Gasteiger partial charge in [0, 0.05) is 11.8 Å². The number of hydrogen-bond donors (Lipinski definition) is 0. The Bertz CT molecular complexity index is 1220. The van der Waals surface area contributed by atoms with E-state index >= 15 is 0 Å². The number of nitrogens with zero attached hydrogens (tertiary/aromatic N) is 2. The molecule has 0 fully saturated rings. The number of hydrogen-bond acceptors (Lipinski definition) is 7. The molecule has 3 aromatic carbocycles. The van der Waals surface area contributed by atoms with Crippen molar-refractivity contribution in [1.29, 1.82) is 0 Å². The molecule has 0 aliphatic carbocycles. The summed E-state index contributed by atoms with van der Waals surface area (Å²) in [4.78, 5) is 19.6. The van der Waals surface area contributed by atoms with Gasteiger partial charge in [-0.2, -0.15) is 0 Å². The number of carbonyl (C=O) groups is 1. The van der Waals surface area contributed by atoms with Crippen LogP contribution in [0.3, 0.4) is 0 Å². The van der Waals surface area contributed by atoms with E-state index in [0.717, 1.165) is 22.8 Å². The Hall–Kier alpha value is -3.91. The molecule has 0 saturated heterocycles. The summed E-state index contributed by atoms with van der Waals surface area (Å²) in [5.74, 6) is 3.34. The molecule has 1 aliphatic rings. The van der Waals surface area contributed by atoms with Crippen molar-refractivity contribution in [2.75, 3.05) is 38.6 Å². The van der Waals surface area contributed by atoms with Crippen molar-refractivity contribution < 1.29 is 23.7 Å². The molecule has 0 unspecified atom stereocenters. The highest BCUT2D eigenvalue weighted by Crippen LogP contribution is 2.31. The van der Waals surface area contributed by atoms with Gasteiger partial charge in [-0.25, -0.2) is 4.99 Å². The van der Waals surface area contributed by atoms with E-state index < -0.39 is 0 Å². The number of anilines is 1. The Morgan fingerprint density at radius 1 is 0.829 bits per heavy atom. The van der Waals surface area contributed by atoms with Gasteiger partial charge in [0.25, 0.3) is 5.91 Å². The lowest BCUT2D eigenvalue weighted by Crippen LogP contribution is -2.30. The molecule has 1 aliphatic heterocycles. The molecule has 0 bridgehead atoms. The number of rotatable bonds is 9. The average Bonchev–Trinajstić information content (AvgIpc) is 3.21. The first-order valence-electron chi connectivity index (χ1n) is 10.9. The third-order valence-electron chi connectivity index (χ3n) is 5.20. The van der Waals surface area contributed by atoms with E-state index in [1.165, 1.54) is 11.8 Å². The summed E-state index contributed by atoms with van der Waals surface area (Å²) in [6.07, 6.45) is 1.77. The zero-order valence-corrected chi connectivity index (χ0v) is 20.6. The van der Waals surface area contributed by atoms with Crippen LogP contribution in [-0.4, -0.2) is 44.8 Å². The van der Waals surface area contributed by atoms with Gasteiger partial charge < -0.3 is 18.9 Å². The predicted molar refractivity (Wildman–Crippen MR) is 140 cm³/mol. The van der Waals surface area contributed by atoms with Crippen LogP contribution in [0.4, 0.5) is 5.69 Å². The molecule has 0 atom stereocenters. The first-order chi connectivity index (χ1) is 17.1. The summed E-state index contributed by atoms with van der Waals surface area (Å²) in [5.41, 5.74) is 1.91. The molecule has 0 N–H and O–H groups in total. The van der Waals surface area contributed by atoms with Crippen LogP contribution in [-0.2, 0) is 4.79 Å². The number of amides is 1. The average molecular weight is 491 g/mol. The minimum atomic E-state index is -0.201. The standard InChI is InChI=1S/C27H26N2O5S/c1-31-21-9-7-19(8-10-21)17-25-26(30)29(20-5-4-6-24(18-20)33-3)27(28-25)35-16-15-34-23-13-11-22(32-2)12-14-23/h4-14,17-18H,15-16H2,1-3H3/b25-17-. The Balaban J connectivity index is 1.52.